The van der Waals surface area contributed by atoms with Gasteiger partial charge in [-0.15, -0.1) is 0 Å². The first-order chi connectivity index (χ1) is 13.9. The highest BCUT2D eigenvalue weighted by atomic mass is 32.2. The predicted octanol–water partition coefficient (Wildman–Crippen LogP) is 2.50. The maximum atomic E-state index is 13.9. The highest BCUT2D eigenvalue weighted by Gasteiger charge is 2.90. The Balaban J connectivity index is 2.42. The third kappa shape index (κ3) is 2.40. The van der Waals surface area contributed by atoms with E-state index in [4.69, 9.17) is 18.9 Å². The van der Waals surface area contributed by atoms with Crippen LogP contribution in [0.25, 0.3) is 0 Å². The van der Waals surface area contributed by atoms with Crippen LogP contribution in [-0.4, -0.2) is 53.2 Å². The number of nitrogens with zero attached hydrogens (tertiary/aromatic N) is 1. The normalized spacial score (nSPS) is 25.0. The number of rotatable bonds is 7. The summed E-state index contributed by atoms with van der Waals surface area (Å²) in [4.78, 5) is -0.0261. The van der Waals surface area contributed by atoms with Crippen LogP contribution in [0.5, 0.6) is 0 Å². The highest BCUT2D eigenvalue weighted by molar-refractivity contribution is 7.93. The van der Waals surface area contributed by atoms with Crippen molar-refractivity contribution in [3.05, 3.63) is 66.2 Å². The smallest absolute Gasteiger partial charge is 0.259 e. The summed E-state index contributed by atoms with van der Waals surface area (Å²) >= 11 is 0. The average molecular weight is 417 g/mol. The topological polar surface area (TPSA) is 94.9 Å². The molecule has 0 spiro atoms. The van der Waals surface area contributed by atoms with Crippen molar-refractivity contribution in [1.29, 1.82) is 5.26 Å². The second kappa shape index (κ2) is 7.52. The maximum absolute atomic E-state index is 13.9. The molecule has 2 atom stereocenters. The molecule has 1 saturated carbocycles. The Kier molecular flexibility index (Phi) is 5.56. The predicted molar refractivity (Wildman–Crippen MR) is 105 cm³/mol. The minimum absolute atomic E-state index is 0.0261. The number of nitriles is 1. The molecule has 1 aliphatic carbocycles. The first-order valence-electron chi connectivity index (χ1n) is 8.85. The van der Waals surface area contributed by atoms with Gasteiger partial charge in [0.2, 0.25) is 20.4 Å². The van der Waals surface area contributed by atoms with Crippen LogP contribution in [0.2, 0.25) is 0 Å². The Labute approximate surface area is 170 Å². The summed E-state index contributed by atoms with van der Waals surface area (Å²) in [6.45, 7) is 0. The van der Waals surface area contributed by atoms with Gasteiger partial charge in [0, 0.05) is 28.4 Å². The van der Waals surface area contributed by atoms with Gasteiger partial charge in [0.1, 0.15) is 0 Å². The van der Waals surface area contributed by atoms with Gasteiger partial charge in [0.05, 0.1) is 16.9 Å². The molecule has 0 bridgehead atoms. The minimum atomic E-state index is -4.31. The van der Waals surface area contributed by atoms with Crippen molar-refractivity contribution in [3.63, 3.8) is 0 Å². The summed E-state index contributed by atoms with van der Waals surface area (Å²) in [7, 11) is 0.958. The van der Waals surface area contributed by atoms with Crippen molar-refractivity contribution >= 4 is 9.84 Å². The van der Waals surface area contributed by atoms with Gasteiger partial charge in [-0.2, -0.15) is 5.26 Å². The molecule has 0 N–H and O–H groups in total. The molecule has 0 unspecified atom stereocenters. The van der Waals surface area contributed by atoms with Crippen molar-refractivity contribution in [2.75, 3.05) is 28.4 Å². The molecule has 8 heteroatoms. The number of sulfone groups is 1. The second-order valence-electron chi connectivity index (χ2n) is 6.61. The molecule has 2 aromatic rings. The van der Waals surface area contributed by atoms with E-state index < -0.39 is 32.1 Å². The zero-order valence-corrected chi connectivity index (χ0v) is 17.5. The third-order valence-corrected chi connectivity index (χ3v) is 8.03. The number of methoxy groups -OCH3 is 4. The van der Waals surface area contributed by atoms with Crippen LogP contribution >= 0.6 is 0 Å². The molecular formula is C21H23NO6S. The maximum Gasteiger partial charge on any atom is 0.259 e. The Morgan fingerprint density at radius 2 is 1.31 bits per heavy atom. The molecule has 1 aliphatic rings. The highest BCUT2D eigenvalue weighted by Crippen LogP contribution is 2.68. The van der Waals surface area contributed by atoms with E-state index in [0.29, 0.717) is 5.56 Å². The van der Waals surface area contributed by atoms with Crippen LogP contribution in [0.4, 0.5) is 0 Å². The lowest BCUT2D eigenvalue weighted by Crippen LogP contribution is -2.88. The molecule has 0 radical (unpaired) electrons. The van der Waals surface area contributed by atoms with E-state index in [1.165, 1.54) is 40.6 Å². The zero-order valence-electron chi connectivity index (χ0n) is 16.7. The molecule has 0 saturated heterocycles. The monoisotopic (exact) mass is 417 g/mol. The number of ether oxygens (including phenoxy) is 4. The quantitative estimate of drug-likeness (QED) is 0.639. The fourth-order valence-corrected chi connectivity index (χ4v) is 6.77. The van der Waals surface area contributed by atoms with E-state index in [2.05, 4.69) is 0 Å². The molecule has 0 amide bonds. The molecule has 154 valence electrons. The fourth-order valence-electron chi connectivity index (χ4n) is 4.50. The fraction of sp³-hybridized carbons (Fsp3) is 0.381. The summed E-state index contributed by atoms with van der Waals surface area (Å²) in [5.41, 5.74) is 0.544. The van der Waals surface area contributed by atoms with E-state index in [1.807, 2.05) is 6.07 Å². The largest absolute Gasteiger partial charge is 0.348 e. The van der Waals surface area contributed by atoms with E-state index >= 15 is 0 Å². The standard InChI is InChI=1S/C21H23NO6S/c1-25-20(26-2)18(16-11-7-5-8-12-16)19(15-22,21(20,27-3)28-4)29(23,24)17-13-9-6-10-14-17/h5-14,18H,1-4H3/t18-,19+/m0/s1. The van der Waals surface area contributed by atoms with Crippen molar-refractivity contribution < 1.29 is 27.4 Å². The van der Waals surface area contributed by atoms with Gasteiger partial charge >= 0.3 is 0 Å². The minimum Gasteiger partial charge on any atom is -0.348 e. The molecule has 1 fully saturated rings. The van der Waals surface area contributed by atoms with Crippen molar-refractivity contribution in [1.82, 2.24) is 0 Å². The Morgan fingerprint density at radius 1 is 0.828 bits per heavy atom. The van der Waals surface area contributed by atoms with Gasteiger partial charge in [-0.3, -0.25) is 0 Å². The van der Waals surface area contributed by atoms with Crippen LogP contribution in [0, 0.1) is 11.3 Å². The van der Waals surface area contributed by atoms with Crippen molar-refractivity contribution in [2.24, 2.45) is 0 Å². The van der Waals surface area contributed by atoms with E-state index in [0.717, 1.165) is 0 Å². The molecule has 3 rings (SSSR count). The van der Waals surface area contributed by atoms with Crippen LogP contribution in [0.1, 0.15) is 11.5 Å². The lowest BCUT2D eigenvalue weighted by Gasteiger charge is -2.66. The van der Waals surface area contributed by atoms with Crippen molar-refractivity contribution in [2.45, 2.75) is 27.1 Å². The second-order valence-corrected chi connectivity index (χ2v) is 8.73. The third-order valence-electron chi connectivity index (χ3n) is 5.69. The van der Waals surface area contributed by atoms with Gasteiger partial charge in [0.15, 0.2) is 0 Å². The molecule has 7 nitrogen and oxygen atoms in total. The Hall–Kier alpha value is -2.28. The summed E-state index contributed by atoms with van der Waals surface area (Å²) in [5.74, 6) is -4.79. The number of benzene rings is 2. The lowest BCUT2D eigenvalue weighted by molar-refractivity contribution is -0.455. The number of hydrogen-bond donors (Lipinski definition) is 0. The van der Waals surface area contributed by atoms with Crippen molar-refractivity contribution in [3.8, 4) is 6.07 Å². The van der Waals surface area contributed by atoms with Crippen LogP contribution in [0.15, 0.2) is 65.6 Å². The van der Waals surface area contributed by atoms with Gasteiger partial charge in [-0.25, -0.2) is 8.42 Å². The molecular weight excluding hydrogens is 394 g/mol. The van der Waals surface area contributed by atoms with Crippen LogP contribution in [-0.2, 0) is 28.8 Å². The lowest BCUT2D eigenvalue weighted by atomic mass is 9.58. The van der Waals surface area contributed by atoms with Crippen LogP contribution < -0.4 is 0 Å². The van der Waals surface area contributed by atoms with E-state index in [1.54, 1.807) is 48.5 Å². The summed E-state index contributed by atoms with van der Waals surface area (Å²) in [6, 6.07) is 18.5. The van der Waals surface area contributed by atoms with Gasteiger partial charge in [-0.05, 0) is 17.7 Å². The summed E-state index contributed by atoms with van der Waals surface area (Å²) in [6.07, 6.45) is 0. The molecule has 0 aliphatic heterocycles. The SMILES string of the molecule is COC1(OC)[C@@H](c2ccccc2)[C@@](C#N)(S(=O)(=O)c2ccccc2)C1(OC)OC. The van der Waals surface area contributed by atoms with Gasteiger partial charge in [-0.1, -0.05) is 48.5 Å². The summed E-state index contributed by atoms with van der Waals surface area (Å²) < 4.78 is 48.2. The molecule has 0 aromatic heterocycles. The first kappa shape index (κ1) is 21.4. The Morgan fingerprint density at radius 3 is 1.72 bits per heavy atom. The molecule has 0 heterocycles. The number of hydrogen-bond acceptors (Lipinski definition) is 7. The van der Waals surface area contributed by atoms with E-state index in [-0.39, 0.29) is 4.90 Å². The van der Waals surface area contributed by atoms with Gasteiger partial charge in [0.25, 0.3) is 5.79 Å². The van der Waals surface area contributed by atoms with Gasteiger partial charge < -0.3 is 18.9 Å². The Bertz CT molecular complexity index is 994. The van der Waals surface area contributed by atoms with E-state index in [9.17, 15) is 13.7 Å². The molecule has 2 aromatic carbocycles. The van der Waals surface area contributed by atoms with Crippen LogP contribution in [0.3, 0.4) is 0 Å². The summed E-state index contributed by atoms with van der Waals surface area (Å²) in [5, 5.41) is 10.4. The zero-order chi connectivity index (χ0) is 21.3. The molecule has 29 heavy (non-hydrogen) atoms. The first-order valence-corrected chi connectivity index (χ1v) is 10.3. The average Bonchev–Trinajstić information content (AvgIpc) is 2.76.